The van der Waals surface area contributed by atoms with Gasteiger partial charge in [0.25, 0.3) is 5.56 Å². The fourth-order valence-corrected chi connectivity index (χ4v) is 5.87. The van der Waals surface area contributed by atoms with Crippen LogP contribution in [0.2, 0.25) is 0 Å². The van der Waals surface area contributed by atoms with E-state index >= 15 is 0 Å². The van der Waals surface area contributed by atoms with Gasteiger partial charge in [0.1, 0.15) is 23.8 Å². The predicted molar refractivity (Wildman–Crippen MR) is 160 cm³/mol. The lowest BCUT2D eigenvalue weighted by Crippen LogP contribution is -2.51. The Balaban J connectivity index is 1.69. The van der Waals surface area contributed by atoms with E-state index < -0.39 is 33.7 Å². The molecule has 15 heteroatoms. The van der Waals surface area contributed by atoms with Crippen LogP contribution in [0.15, 0.2) is 51.6 Å². The summed E-state index contributed by atoms with van der Waals surface area (Å²) in [5, 5.41) is 2.85. The molecule has 1 fully saturated rings. The molecule has 0 spiro atoms. The largest absolute Gasteiger partial charge is 0.409 e. The van der Waals surface area contributed by atoms with E-state index in [0.29, 0.717) is 45.6 Å². The van der Waals surface area contributed by atoms with Crippen molar-refractivity contribution in [3.63, 3.8) is 0 Å². The zero-order chi connectivity index (χ0) is 32.7. The number of methoxy groups -OCH3 is 1. The molecule has 1 N–H and O–H groups in total. The predicted octanol–water partition coefficient (Wildman–Crippen LogP) is 3.12. The summed E-state index contributed by atoms with van der Waals surface area (Å²) in [4.78, 5) is 36.1. The minimum absolute atomic E-state index is 0.0427. The lowest BCUT2D eigenvalue weighted by molar-refractivity contribution is -0.164. The lowest BCUT2D eigenvalue weighted by atomic mass is 9.91. The van der Waals surface area contributed by atoms with E-state index in [-0.39, 0.29) is 40.6 Å². The summed E-state index contributed by atoms with van der Waals surface area (Å²) in [5.74, 6) is -0.125. The Bertz CT molecular complexity index is 1920. The van der Waals surface area contributed by atoms with Crippen LogP contribution in [0.5, 0.6) is 0 Å². The molecular weight excluding hydrogens is 611 g/mol. The first-order chi connectivity index (χ1) is 21.2. The van der Waals surface area contributed by atoms with Gasteiger partial charge in [-0.1, -0.05) is 12.6 Å². The maximum Gasteiger partial charge on any atom is 0.409 e. The first-order valence-electron chi connectivity index (χ1n) is 14.4. The number of pyridine rings is 1. The number of aromatic nitrogens is 5. The van der Waals surface area contributed by atoms with Crippen LogP contribution in [0.25, 0.3) is 5.57 Å². The molecule has 1 saturated carbocycles. The van der Waals surface area contributed by atoms with E-state index in [2.05, 4.69) is 31.8 Å². The topological polar surface area (TPSA) is 141 Å². The van der Waals surface area contributed by atoms with Crippen molar-refractivity contribution >= 4 is 21.2 Å². The molecule has 0 aromatic carbocycles. The molecule has 3 aromatic heterocycles. The van der Waals surface area contributed by atoms with Gasteiger partial charge in [-0.15, -0.1) is 0 Å². The van der Waals surface area contributed by atoms with E-state index in [1.807, 2.05) is 0 Å². The highest BCUT2D eigenvalue weighted by Crippen LogP contribution is 2.45. The zero-order valence-corrected chi connectivity index (χ0v) is 26.2. The molecule has 11 nitrogen and oxygen atoms in total. The molecule has 2 aliphatic rings. The second kappa shape index (κ2) is 12.4. The minimum atomic E-state index is -4.78. The number of nitrogens with zero attached hydrogens (tertiary/aromatic N) is 6. The summed E-state index contributed by atoms with van der Waals surface area (Å²) in [6.07, 6.45) is 1.60. The highest BCUT2D eigenvalue weighted by Gasteiger charge is 2.40. The molecule has 0 radical (unpaired) electrons. The van der Waals surface area contributed by atoms with Crippen LogP contribution in [0, 0.1) is 0 Å². The minimum Gasteiger partial charge on any atom is -0.384 e. The van der Waals surface area contributed by atoms with Crippen LogP contribution in [-0.2, 0) is 27.5 Å². The standard InChI is InChI=1S/C30H34F3N7O4S/c1-16-12-17(2)25-28(39-24(16)23-21(10-11-44-4)36-15-37-26(23)20-7-8-20)40(18(3)30(31,32)33)29(41)27(38-25)35-14-19-6-9-22(34-13-19)45(5,42)43/h6,9,13,15,18,20,24H,1,7-8,10-12,14H2,2-5H3,(H,35,38)/t18-,24?/m0/s1. The van der Waals surface area contributed by atoms with Gasteiger partial charge in [-0.05, 0) is 55.9 Å². The number of rotatable bonds is 10. The molecule has 3 aromatic rings. The summed E-state index contributed by atoms with van der Waals surface area (Å²) < 4.78 is 72.4. The Hall–Kier alpha value is -3.98. The summed E-state index contributed by atoms with van der Waals surface area (Å²) in [7, 11) is -1.95. The fraction of sp³-hybridized carbons (Fsp3) is 0.467. The number of nitrogens with one attached hydrogen (secondary N) is 1. The number of halogens is 3. The van der Waals surface area contributed by atoms with E-state index in [1.165, 1.54) is 24.7 Å². The summed E-state index contributed by atoms with van der Waals surface area (Å²) in [6, 6.07) is -0.230. The number of sulfone groups is 1. The van der Waals surface area contributed by atoms with Gasteiger partial charge in [-0.2, -0.15) is 13.2 Å². The second-order valence-electron chi connectivity index (χ2n) is 11.4. The normalized spacial score (nSPS) is 17.8. The third kappa shape index (κ3) is 6.83. The van der Waals surface area contributed by atoms with Crippen LogP contribution >= 0.6 is 0 Å². The lowest BCUT2D eigenvalue weighted by Gasteiger charge is -2.22. The molecule has 1 aliphatic carbocycles. The SMILES string of the molecule is C=C1CC(C)=c2nc(NCc3ccc(S(C)(=O)=O)nc3)c(=O)n([C@@H](C)C(F)(F)F)c2=NC1c1c(CCOC)ncnc1C1CC1. The average molecular weight is 646 g/mol. The summed E-state index contributed by atoms with van der Waals surface area (Å²) >= 11 is 0. The van der Waals surface area contributed by atoms with Gasteiger partial charge < -0.3 is 10.1 Å². The molecule has 2 atom stereocenters. The first-order valence-corrected chi connectivity index (χ1v) is 16.3. The molecule has 0 amide bonds. The van der Waals surface area contributed by atoms with Gasteiger partial charge in [-0.3, -0.25) is 14.4 Å². The van der Waals surface area contributed by atoms with Crippen LogP contribution in [-0.4, -0.2) is 59.1 Å². The maximum atomic E-state index is 14.3. The number of alkyl halides is 3. The van der Waals surface area contributed by atoms with E-state index in [9.17, 15) is 26.4 Å². The molecule has 0 bridgehead atoms. The highest BCUT2D eigenvalue weighted by molar-refractivity contribution is 7.90. The Morgan fingerprint density at radius 3 is 2.53 bits per heavy atom. The quantitative estimate of drug-likeness (QED) is 0.329. The third-order valence-electron chi connectivity index (χ3n) is 7.90. The van der Waals surface area contributed by atoms with Crippen LogP contribution in [0.1, 0.15) is 73.6 Å². The van der Waals surface area contributed by atoms with Crippen molar-refractivity contribution in [3.05, 3.63) is 80.5 Å². The van der Waals surface area contributed by atoms with E-state index in [4.69, 9.17) is 9.73 Å². The second-order valence-corrected chi connectivity index (χ2v) is 13.4. The molecule has 5 rings (SSSR count). The van der Waals surface area contributed by atoms with Crippen molar-refractivity contribution in [3.8, 4) is 0 Å². The molecular formula is C30H34F3N7O4S. The molecule has 4 heterocycles. The van der Waals surface area contributed by atoms with Crippen molar-refractivity contribution in [2.75, 3.05) is 25.3 Å². The number of hydrogen-bond acceptors (Lipinski definition) is 10. The van der Waals surface area contributed by atoms with E-state index in [1.54, 1.807) is 14.0 Å². The molecule has 45 heavy (non-hydrogen) atoms. The molecule has 1 unspecified atom stereocenters. The smallest absolute Gasteiger partial charge is 0.384 e. The average Bonchev–Trinajstić information content (AvgIpc) is 3.83. The number of hydrogen-bond donors (Lipinski definition) is 1. The summed E-state index contributed by atoms with van der Waals surface area (Å²) in [5.41, 5.74) is 2.64. The van der Waals surface area contributed by atoms with Gasteiger partial charge in [0.2, 0.25) is 0 Å². The molecule has 1 aliphatic heterocycles. The molecule has 240 valence electrons. The van der Waals surface area contributed by atoms with Gasteiger partial charge in [0.15, 0.2) is 26.2 Å². The fourth-order valence-electron chi connectivity index (χ4n) is 5.31. The van der Waals surface area contributed by atoms with Gasteiger partial charge >= 0.3 is 6.18 Å². The van der Waals surface area contributed by atoms with Gasteiger partial charge in [0.05, 0.1) is 18.0 Å². The number of anilines is 1. The number of fused-ring (bicyclic) bond motifs is 1. The van der Waals surface area contributed by atoms with Crippen molar-refractivity contribution in [1.82, 2.24) is 24.5 Å². The van der Waals surface area contributed by atoms with Crippen molar-refractivity contribution in [1.29, 1.82) is 0 Å². The zero-order valence-electron chi connectivity index (χ0n) is 25.3. The Morgan fingerprint density at radius 1 is 1.20 bits per heavy atom. The Kier molecular flexibility index (Phi) is 8.95. The van der Waals surface area contributed by atoms with Crippen LogP contribution in [0.3, 0.4) is 0 Å². The first kappa shape index (κ1) is 32.4. The molecule has 0 saturated heterocycles. The Morgan fingerprint density at radius 2 is 1.93 bits per heavy atom. The highest BCUT2D eigenvalue weighted by atomic mass is 32.2. The van der Waals surface area contributed by atoms with Crippen molar-refractivity contribution < 1.29 is 26.3 Å². The summed E-state index contributed by atoms with van der Waals surface area (Å²) in [6.45, 7) is 7.24. The van der Waals surface area contributed by atoms with Gasteiger partial charge in [-0.25, -0.2) is 28.4 Å². The third-order valence-corrected chi connectivity index (χ3v) is 8.90. The Labute approximate surface area is 258 Å². The number of ether oxygens (including phenoxy) is 1. The van der Waals surface area contributed by atoms with Crippen LogP contribution < -0.4 is 21.7 Å². The van der Waals surface area contributed by atoms with Crippen molar-refractivity contribution in [2.24, 2.45) is 4.99 Å². The monoisotopic (exact) mass is 645 g/mol. The maximum absolute atomic E-state index is 14.3. The van der Waals surface area contributed by atoms with Crippen molar-refractivity contribution in [2.45, 2.75) is 75.3 Å². The van der Waals surface area contributed by atoms with Crippen LogP contribution in [0.4, 0.5) is 19.0 Å². The van der Waals surface area contributed by atoms with Gasteiger partial charge in [0, 0.05) is 44.0 Å². The van der Waals surface area contributed by atoms with E-state index in [0.717, 1.165) is 31.7 Å².